The molecule has 0 bridgehead atoms. The maximum absolute atomic E-state index is 13.0. The summed E-state index contributed by atoms with van der Waals surface area (Å²) in [4.78, 5) is 11.7. The molecule has 2 aromatic rings. The van der Waals surface area contributed by atoms with E-state index in [4.69, 9.17) is 4.74 Å². The zero-order chi connectivity index (χ0) is 15.1. The van der Waals surface area contributed by atoms with Crippen molar-refractivity contribution in [2.75, 3.05) is 24.3 Å². The van der Waals surface area contributed by atoms with Crippen LogP contribution >= 0.6 is 0 Å². The smallest absolute Gasteiger partial charge is 0.226 e. The molecule has 2 N–H and O–H groups in total. The minimum Gasteiger partial charge on any atom is -0.497 e. The molecule has 21 heavy (non-hydrogen) atoms. The fourth-order valence-electron chi connectivity index (χ4n) is 1.82. The summed E-state index contributed by atoms with van der Waals surface area (Å²) in [6.45, 7) is 0.494. The number of benzene rings is 2. The fraction of sp³-hybridized carbons (Fsp3) is 0.188. The molecule has 0 fully saturated rings. The van der Waals surface area contributed by atoms with E-state index >= 15 is 0 Å². The predicted octanol–water partition coefficient (Wildman–Crippen LogP) is 3.28. The van der Waals surface area contributed by atoms with Crippen LogP contribution in [0.4, 0.5) is 15.8 Å². The van der Waals surface area contributed by atoms with E-state index in [1.54, 1.807) is 19.2 Å². The minimum atomic E-state index is -0.371. The summed E-state index contributed by atoms with van der Waals surface area (Å²) in [7, 11) is 1.61. The molecular formula is C16H17FN2O2. The van der Waals surface area contributed by atoms with E-state index in [-0.39, 0.29) is 11.7 Å². The number of ether oxygens (including phenoxy) is 1. The first-order valence-corrected chi connectivity index (χ1v) is 6.61. The van der Waals surface area contributed by atoms with Gasteiger partial charge in [0, 0.05) is 24.3 Å². The number of halogens is 1. The van der Waals surface area contributed by atoms with Crippen LogP contribution in [0.25, 0.3) is 0 Å². The second kappa shape index (κ2) is 7.28. The van der Waals surface area contributed by atoms with Crippen LogP contribution in [0.15, 0.2) is 48.5 Å². The van der Waals surface area contributed by atoms with Crippen molar-refractivity contribution in [1.29, 1.82) is 0 Å². The third-order valence-electron chi connectivity index (χ3n) is 2.88. The first-order valence-electron chi connectivity index (χ1n) is 6.61. The summed E-state index contributed by atoms with van der Waals surface area (Å²) < 4.78 is 18.0. The van der Waals surface area contributed by atoms with Gasteiger partial charge in [0.1, 0.15) is 11.6 Å². The zero-order valence-corrected chi connectivity index (χ0v) is 11.7. The second-order valence-electron chi connectivity index (χ2n) is 4.46. The number of anilines is 2. The molecule has 0 atom stereocenters. The number of rotatable bonds is 6. The summed E-state index contributed by atoms with van der Waals surface area (Å²) in [6.07, 6.45) is 0.294. The van der Waals surface area contributed by atoms with Crippen molar-refractivity contribution in [3.63, 3.8) is 0 Å². The Kier molecular flexibility index (Phi) is 5.15. The lowest BCUT2D eigenvalue weighted by atomic mass is 10.2. The molecule has 0 saturated heterocycles. The van der Waals surface area contributed by atoms with Gasteiger partial charge in [-0.05, 0) is 42.5 Å². The van der Waals surface area contributed by atoms with Gasteiger partial charge in [-0.15, -0.1) is 0 Å². The van der Waals surface area contributed by atoms with E-state index in [0.29, 0.717) is 18.7 Å². The molecule has 0 aliphatic carbocycles. The first-order chi connectivity index (χ1) is 10.2. The topological polar surface area (TPSA) is 50.4 Å². The van der Waals surface area contributed by atoms with Crippen molar-refractivity contribution >= 4 is 17.3 Å². The van der Waals surface area contributed by atoms with Gasteiger partial charge < -0.3 is 15.4 Å². The molecule has 0 saturated carbocycles. The molecule has 0 aliphatic rings. The number of hydrogen-bond donors (Lipinski definition) is 2. The third-order valence-corrected chi connectivity index (χ3v) is 2.88. The summed E-state index contributed by atoms with van der Waals surface area (Å²) in [5, 5.41) is 5.78. The Balaban J connectivity index is 1.76. The minimum absolute atomic E-state index is 0.165. The average Bonchev–Trinajstić information content (AvgIpc) is 2.48. The molecule has 2 aromatic carbocycles. The Morgan fingerprint density at radius 3 is 2.57 bits per heavy atom. The summed E-state index contributed by atoms with van der Waals surface area (Å²) in [5.41, 5.74) is 1.37. The normalized spacial score (nSPS) is 10.0. The van der Waals surface area contributed by atoms with Gasteiger partial charge >= 0.3 is 0 Å². The first kappa shape index (κ1) is 14.8. The lowest BCUT2D eigenvalue weighted by Crippen LogP contribution is -2.16. The van der Waals surface area contributed by atoms with Crippen molar-refractivity contribution in [2.45, 2.75) is 6.42 Å². The van der Waals surface area contributed by atoms with Crippen LogP contribution in [0.1, 0.15) is 6.42 Å². The summed E-state index contributed by atoms with van der Waals surface area (Å²) in [5.74, 6) is 0.246. The Labute approximate surface area is 122 Å². The quantitative estimate of drug-likeness (QED) is 0.857. The maximum atomic E-state index is 13.0. The zero-order valence-electron chi connectivity index (χ0n) is 11.7. The third kappa shape index (κ3) is 4.80. The van der Waals surface area contributed by atoms with Gasteiger partial charge in [-0.25, -0.2) is 4.39 Å². The van der Waals surface area contributed by atoms with E-state index in [0.717, 1.165) is 11.4 Å². The maximum Gasteiger partial charge on any atom is 0.226 e. The Morgan fingerprint density at radius 2 is 1.90 bits per heavy atom. The van der Waals surface area contributed by atoms with E-state index in [2.05, 4.69) is 10.6 Å². The average molecular weight is 288 g/mol. The highest BCUT2D eigenvalue weighted by Crippen LogP contribution is 2.15. The van der Waals surface area contributed by atoms with Crippen molar-refractivity contribution in [1.82, 2.24) is 0 Å². The lowest BCUT2D eigenvalue weighted by molar-refractivity contribution is -0.115. The highest BCUT2D eigenvalue weighted by molar-refractivity contribution is 5.90. The number of nitrogens with one attached hydrogen (secondary N) is 2. The summed E-state index contributed by atoms with van der Waals surface area (Å²) >= 11 is 0. The number of carbonyl (C=O) groups is 1. The largest absolute Gasteiger partial charge is 0.497 e. The highest BCUT2D eigenvalue weighted by Gasteiger charge is 2.03. The SMILES string of the molecule is COc1ccc(NCCC(=O)Nc2cccc(F)c2)cc1. The summed E-state index contributed by atoms with van der Waals surface area (Å²) in [6, 6.07) is 13.3. The van der Waals surface area contributed by atoms with Gasteiger partial charge in [-0.1, -0.05) is 6.07 Å². The Morgan fingerprint density at radius 1 is 1.14 bits per heavy atom. The van der Waals surface area contributed by atoms with Crippen molar-refractivity contribution in [3.8, 4) is 5.75 Å². The van der Waals surface area contributed by atoms with Gasteiger partial charge in [0.15, 0.2) is 0 Å². The van der Waals surface area contributed by atoms with Gasteiger partial charge in [0.05, 0.1) is 7.11 Å². The standard InChI is InChI=1S/C16H17FN2O2/c1-21-15-7-5-13(6-8-15)18-10-9-16(20)19-14-4-2-3-12(17)11-14/h2-8,11,18H,9-10H2,1H3,(H,19,20). The molecule has 0 radical (unpaired) electrons. The van der Waals surface area contributed by atoms with Crippen molar-refractivity contribution < 1.29 is 13.9 Å². The molecule has 5 heteroatoms. The molecule has 0 spiro atoms. The van der Waals surface area contributed by atoms with Crippen molar-refractivity contribution in [2.24, 2.45) is 0 Å². The number of hydrogen-bond acceptors (Lipinski definition) is 3. The van der Waals surface area contributed by atoms with Gasteiger partial charge in [-0.3, -0.25) is 4.79 Å². The van der Waals surface area contributed by atoms with Crippen LogP contribution in [-0.4, -0.2) is 19.6 Å². The van der Waals surface area contributed by atoms with Crippen LogP contribution in [0.2, 0.25) is 0 Å². The van der Waals surface area contributed by atoms with E-state index in [1.165, 1.54) is 12.1 Å². The van der Waals surface area contributed by atoms with Crippen LogP contribution in [0.5, 0.6) is 5.75 Å². The monoisotopic (exact) mass is 288 g/mol. The molecular weight excluding hydrogens is 271 g/mol. The molecule has 2 rings (SSSR count). The van der Waals surface area contributed by atoms with Gasteiger partial charge in [0.25, 0.3) is 0 Å². The Hall–Kier alpha value is -2.56. The molecule has 0 unspecified atom stereocenters. The lowest BCUT2D eigenvalue weighted by Gasteiger charge is -2.08. The molecule has 110 valence electrons. The van der Waals surface area contributed by atoms with Crippen LogP contribution < -0.4 is 15.4 Å². The number of methoxy groups -OCH3 is 1. The predicted molar refractivity (Wildman–Crippen MR) is 81.1 cm³/mol. The molecule has 1 amide bonds. The molecule has 4 nitrogen and oxygen atoms in total. The van der Waals surface area contributed by atoms with Crippen molar-refractivity contribution in [3.05, 3.63) is 54.3 Å². The second-order valence-corrected chi connectivity index (χ2v) is 4.46. The number of amides is 1. The van der Waals surface area contributed by atoms with E-state index < -0.39 is 0 Å². The van der Waals surface area contributed by atoms with Gasteiger partial charge in [0.2, 0.25) is 5.91 Å². The molecule has 0 heterocycles. The van der Waals surface area contributed by atoms with E-state index in [1.807, 2.05) is 24.3 Å². The molecule has 0 aromatic heterocycles. The van der Waals surface area contributed by atoms with Gasteiger partial charge in [-0.2, -0.15) is 0 Å². The molecule has 0 aliphatic heterocycles. The highest BCUT2D eigenvalue weighted by atomic mass is 19.1. The van der Waals surface area contributed by atoms with E-state index in [9.17, 15) is 9.18 Å². The fourth-order valence-corrected chi connectivity index (χ4v) is 1.82. The van der Waals surface area contributed by atoms with Crippen LogP contribution in [0.3, 0.4) is 0 Å². The Bertz CT molecular complexity index is 599. The van der Waals surface area contributed by atoms with Crippen LogP contribution in [0, 0.1) is 5.82 Å². The number of carbonyl (C=O) groups excluding carboxylic acids is 1. The van der Waals surface area contributed by atoms with Crippen LogP contribution in [-0.2, 0) is 4.79 Å².